The fourth-order valence-corrected chi connectivity index (χ4v) is 2.05. The minimum Gasteiger partial charge on any atom is -0.330 e. The molecular weight excluding hydrogens is 172 g/mol. The number of fused-ring (bicyclic) bond motifs is 1. The van der Waals surface area contributed by atoms with Crippen LogP contribution in [0.5, 0.6) is 0 Å². The van der Waals surface area contributed by atoms with Gasteiger partial charge in [0.15, 0.2) is 0 Å². The molecule has 2 aromatic rings. The SMILES string of the molecule is Cc1cc2cccc(C)n2c1CCN. The normalized spacial score (nSPS) is 11.1. The summed E-state index contributed by atoms with van der Waals surface area (Å²) >= 11 is 0. The van der Waals surface area contributed by atoms with Crippen LogP contribution in [0.2, 0.25) is 0 Å². The molecule has 0 radical (unpaired) electrons. The van der Waals surface area contributed by atoms with Gasteiger partial charge in [0.05, 0.1) is 0 Å². The van der Waals surface area contributed by atoms with Crippen molar-refractivity contribution in [2.24, 2.45) is 5.73 Å². The lowest BCUT2D eigenvalue weighted by Gasteiger charge is -2.06. The van der Waals surface area contributed by atoms with E-state index in [1.54, 1.807) is 0 Å². The van der Waals surface area contributed by atoms with Crippen molar-refractivity contribution in [3.05, 3.63) is 41.2 Å². The molecule has 0 amide bonds. The minimum atomic E-state index is 0.710. The van der Waals surface area contributed by atoms with Crippen molar-refractivity contribution < 1.29 is 0 Å². The Morgan fingerprint density at radius 1 is 1.29 bits per heavy atom. The van der Waals surface area contributed by atoms with E-state index in [2.05, 4.69) is 42.5 Å². The van der Waals surface area contributed by atoms with Crippen molar-refractivity contribution in [3.63, 3.8) is 0 Å². The molecule has 2 heteroatoms. The van der Waals surface area contributed by atoms with E-state index in [0.29, 0.717) is 6.54 Å². The van der Waals surface area contributed by atoms with Gasteiger partial charge in [-0.05, 0) is 44.2 Å². The van der Waals surface area contributed by atoms with Gasteiger partial charge >= 0.3 is 0 Å². The Bertz CT molecular complexity index is 455. The molecule has 14 heavy (non-hydrogen) atoms. The number of nitrogens with zero attached hydrogens (tertiary/aromatic N) is 1. The summed E-state index contributed by atoms with van der Waals surface area (Å²) in [4.78, 5) is 0. The number of hydrogen-bond donors (Lipinski definition) is 1. The molecule has 0 saturated heterocycles. The predicted octanol–water partition coefficient (Wildman–Crippen LogP) is 2.06. The van der Waals surface area contributed by atoms with Crippen LogP contribution in [0.4, 0.5) is 0 Å². The molecule has 0 aromatic carbocycles. The van der Waals surface area contributed by atoms with E-state index in [9.17, 15) is 0 Å². The molecule has 2 nitrogen and oxygen atoms in total. The predicted molar refractivity (Wildman–Crippen MR) is 59.6 cm³/mol. The fraction of sp³-hybridized carbons (Fsp3) is 0.333. The molecular formula is C12H16N2. The number of hydrogen-bond acceptors (Lipinski definition) is 1. The quantitative estimate of drug-likeness (QED) is 0.768. The zero-order valence-corrected chi connectivity index (χ0v) is 8.75. The van der Waals surface area contributed by atoms with Crippen molar-refractivity contribution >= 4 is 5.52 Å². The third-order valence-corrected chi connectivity index (χ3v) is 2.69. The largest absolute Gasteiger partial charge is 0.330 e. The van der Waals surface area contributed by atoms with E-state index in [-0.39, 0.29) is 0 Å². The third-order valence-electron chi connectivity index (χ3n) is 2.69. The number of aromatic nitrogens is 1. The van der Waals surface area contributed by atoms with Crippen molar-refractivity contribution in [2.45, 2.75) is 20.3 Å². The van der Waals surface area contributed by atoms with Crippen molar-refractivity contribution in [2.75, 3.05) is 6.54 Å². The molecule has 0 saturated carbocycles. The zero-order chi connectivity index (χ0) is 10.1. The fourth-order valence-electron chi connectivity index (χ4n) is 2.05. The maximum Gasteiger partial charge on any atom is 0.0458 e. The van der Waals surface area contributed by atoms with Crippen LogP contribution in [0.1, 0.15) is 17.0 Å². The van der Waals surface area contributed by atoms with Crippen LogP contribution in [0.15, 0.2) is 24.3 Å². The standard InChI is InChI=1S/C12H16N2/c1-9-8-11-5-3-4-10(2)14(11)12(9)6-7-13/h3-5,8H,6-7,13H2,1-2H3. The molecule has 2 heterocycles. The smallest absolute Gasteiger partial charge is 0.0458 e. The number of pyridine rings is 1. The van der Waals surface area contributed by atoms with Crippen LogP contribution in [-0.4, -0.2) is 10.9 Å². The van der Waals surface area contributed by atoms with Crippen LogP contribution in [0.3, 0.4) is 0 Å². The van der Waals surface area contributed by atoms with E-state index < -0.39 is 0 Å². The van der Waals surface area contributed by atoms with Crippen LogP contribution < -0.4 is 5.73 Å². The lowest BCUT2D eigenvalue weighted by molar-refractivity contribution is 0.880. The maximum atomic E-state index is 5.62. The lowest BCUT2D eigenvalue weighted by atomic mass is 10.2. The Balaban J connectivity index is 2.73. The monoisotopic (exact) mass is 188 g/mol. The molecule has 2 aromatic heterocycles. The average Bonchev–Trinajstić information content (AvgIpc) is 2.45. The molecule has 2 N–H and O–H groups in total. The van der Waals surface area contributed by atoms with Gasteiger partial charge in [-0.2, -0.15) is 0 Å². The highest BCUT2D eigenvalue weighted by molar-refractivity contribution is 5.54. The molecule has 0 aliphatic carbocycles. The van der Waals surface area contributed by atoms with Crippen molar-refractivity contribution in [1.82, 2.24) is 4.40 Å². The first-order chi connectivity index (χ1) is 6.74. The second-order valence-corrected chi connectivity index (χ2v) is 3.74. The van der Waals surface area contributed by atoms with Gasteiger partial charge in [0.1, 0.15) is 0 Å². The summed E-state index contributed by atoms with van der Waals surface area (Å²) in [5, 5.41) is 0. The van der Waals surface area contributed by atoms with Gasteiger partial charge in [0.25, 0.3) is 0 Å². The van der Waals surface area contributed by atoms with Gasteiger partial charge in [0.2, 0.25) is 0 Å². The summed E-state index contributed by atoms with van der Waals surface area (Å²) in [6.45, 7) is 4.99. The third kappa shape index (κ3) is 1.32. The number of aryl methyl sites for hydroxylation is 2. The van der Waals surface area contributed by atoms with E-state index >= 15 is 0 Å². The van der Waals surface area contributed by atoms with E-state index in [4.69, 9.17) is 5.73 Å². The van der Waals surface area contributed by atoms with Crippen LogP contribution in [-0.2, 0) is 6.42 Å². The van der Waals surface area contributed by atoms with Crippen molar-refractivity contribution in [1.29, 1.82) is 0 Å². The molecule has 0 atom stereocenters. The molecule has 0 bridgehead atoms. The van der Waals surface area contributed by atoms with Crippen LogP contribution in [0, 0.1) is 13.8 Å². The number of nitrogens with two attached hydrogens (primary N) is 1. The van der Waals surface area contributed by atoms with Crippen molar-refractivity contribution in [3.8, 4) is 0 Å². The highest BCUT2D eigenvalue weighted by Crippen LogP contribution is 2.18. The lowest BCUT2D eigenvalue weighted by Crippen LogP contribution is -2.07. The molecule has 0 unspecified atom stereocenters. The van der Waals surface area contributed by atoms with Gasteiger partial charge in [-0.15, -0.1) is 0 Å². The minimum absolute atomic E-state index is 0.710. The van der Waals surface area contributed by atoms with E-state index in [1.165, 1.54) is 22.5 Å². The van der Waals surface area contributed by atoms with Gasteiger partial charge in [-0.1, -0.05) is 6.07 Å². The van der Waals surface area contributed by atoms with E-state index in [0.717, 1.165) is 6.42 Å². The van der Waals surface area contributed by atoms with Crippen LogP contribution in [0.25, 0.3) is 5.52 Å². The Morgan fingerprint density at radius 3 is 2.79 bits per heavy atom. The summed E-state index contributed by atoms with van der Waals surface area (Å²) in [6, 6.07) is 8.58. The van der Waals surface area contributed by atoms with E-state index in [1.807, 2.05) is 0 Å². The first-order valence-electron chi connectivity index (χ1n) is 5.00. The Hall–Kier alpha value is -1.28. The Morgan fingerprint density at radius 2 is 2.07 bits per heavy atom. The Kier molecular flexibility index (Phi) is 2.30. The summed E-state index contributed by atoms with van der Waals surface area (Å²) in [5.41, 5.74) is 10.8. The highest BCUT2D eigenvalue weighted by atomic mass is 14.9. The first-order valence-corrected chi connectivity index (χ1v) is 5.00. The molecule has 0 aliphatic rings. The average molecular weight is 188 g/mol. The molecule has 0 spiro atoms. The van der Waals surface area contributed by atoms with Crippen LogP contribution >= 0.6 is 0 Å². The molecule has 2 rings (SSSR count). The number of rotatable bonds is 2. The summed E-state index contributed by atoms with van der Waals surface area (Å²) in [5.74, 6) is 0. The highest BCUT2D eigenvalue weighted by Gasteiger charge is 2.06. The summed E-state index contributed by atoms with van der Waals surface area (Å²) in [7, 11) is 0. The second-order valence-electron chi connectivity index (χ2n) is 3.74. The van der Waals surface area contributed by atoms with Gasteiger partial charge < -0.3 is 10.1 Å². The molecule has 0 aliphatic heterocycles. The topological polar surface area (TPSA) is 30.4 Å². The van der Waals surface area contributed by atoms with Gasteiger partial charge in [0, 0.05) is 23.3 Å². The van der Waals surface area contributed by atoms with Gasteiger partial charge in [-0.3, -0.25) is 0 Å². The summed E-state index contributed by atoms with van der Waals surface area (Å²) in [6.07, 6.45) is 0.949. The second kappa shape index (κ2) is 3.46. The molecule has 74 valence electrons. The maximum absolute atomic E-state index is 5.62. The summed E-state index contributed by atoms with van der Waals surface area (Å²) < 4.78 is 2.29. The first kappa shape index (κ1) is 9.28. The molecule has 0 fully saturated rings. The van der Waals surface area contributed by atoms with Gasteiger partial charge in [-0.25, -0.2) is 0 Å². The zero-order valence-electron chi connectivity index (χ0n) is 8.75. The Labute approximate surface area is 84.3 Å².